The number of hydrogen-bond donors (Lipinski definition) is 0. The van der Waals surface area contributed by atoms with E-state index in [2.05, 4.69) is 46.9 Å². The lowest BCUT2D eigenvalue weighted by Gasteiger charge is -2.53. The van der Waals surface area contributed by atoms with Gasteiger partial charge in [-0.15, -0.1) is 0 Å². The molecule has 0 bridgehead atoms. The number of carbonyl (C=O) groups is 1. The van der Waals surface area contributed by atoms with Crippen LogP contribution in [0.15, 0.2) is 48.5 Å². The van der Waals surface area contributed by atoms with E-state index in [4.69, 9.17) is 0 Å². The Bertz CT molecular complexity index is 1020. The summed E-state index contributed by atoms with van der Waals surface area (Å²) in [4.78, 5) is 15.1. The lowest BCUT2D eigenvalue weighted by atomic mass is 9.72. The molecule has 4 nitrogen and oxygen atoms in total. The second-order valence-corrected chi connectivity index (χ2v) is 9.49. The lowest BCUT2D eigenvalue weighted by molar-refractivity contribution is -0.309. The zero-order valence-corrected chi connectivity index (χ0v) is 19.1. The Balaban J connectivity index is 1.28. The molecule has 0 unspecified atom stereocenters. The van der Waals surface area contributed by atoms with Gasteiger partial charge in [-0.3, -0.25) is 4.90 Å². The normalized spacial score (nSPS) is 18.6. The van der Waals surface area contributed by atoms with Gasteiger partial charge < -0.3 is 9.64 Å². The average molecular weight is 500 g/mol. The highest BCUT2D eigenvalue weighted by molar-refractivity contribution is 5.69. The molecular weight excluding hydrogens is 474 g/mol. The van der Waals surface area contributed by atoms with Crippen LogP contribution >= 0.6 is 0 Å². The molecule has 0 N–H and O–H groups in total. The fourth-order valence-corrected chi connectivity index (χ4v) is 4.81. The van der Waals surface area contributed by atoms with Crippen LogP contribution in [-0.4, -0.2) is 60.5 Å². The van der Waals surface area contributed by atoms with Crippen molar-refractivity contribution in [3.63, 3.8) is 0 Å². The van der Waals surface area contributed by atoms with Crippen molar-refractivity contribution < 1.29 is 35.9 Å². The molecule has 35 heavy (non-hydrogen) atoms. The summed E-state index contributed by atoms with van der Waals surface area (Å²) in [5.74, 6) is 0. The third-order valence-electron chi connectivity index (χ3n) is 6.88. The first-order valence-electron chi connectivity index (χ1n) is 11.3. The molecule has 0 saturated carbocycles. The first-order chi connectivity index (χ1) is 16.4. The summed E-state index contributed by atoms with van der Waals surface area (Å²) in [6.07, 6.45) is -15.7. The Morgan fingerprint density at radius 2 is 1.54 bits per heavy atom. The Kier molecular flexibility index (Phi) is 6.78. The predicted molar refractivity (Wildman–Crippen MR) is 118 cm³/mol. The number of halogens is 6. The van der Waals surface area contributed by atoms with Crippen LogP contribution in [0.25, 0.3) is 11.1 Å². The number of hydrogen-bond acceptors (Lipinski definition) is 3. The van der Waals surface area contributed by atoms with Gasteiger partial charge in [-0.1, -0.05) is 48.5 Å². The van der Waals surface area contributed by atoms with Crippen LogP contribution in [0, 0.1) is 12.3 Å². The summed E-state index contributed by atoms with van der Waals surface area (Å²) in [5.41, 5.74) is 4.38. The number of piperidine rings is 1. The highest BCUT2D eigenvalue weighted by Crippen LogP contribution is 2.42. The van der Waals surface area contributed by atoms with Gasteiger partial charge >= 0.3 is 18.4 Å². The number of likely N-dealkylation sites (tertiary alicyclic amines) is 2. The molecule has 4 rings (SSSR count). The van der Waals surface area contributed by atoms with Crippen LogP contribution in [0.2, 0.25) is 0 Å². The molecule has 190 valence electrons. The minimum absolute atomic E-state index is 0.104. The molecule has 0 aromatic heterocycles. The summed E-state index contributed by atoms with van der Waals surface area (Å²) < 4.78 is 79.7. The number of alkyl halides is 6. The molecule has 1 spiro atoms. The van der Waals surface area contributed by atoms with Crippen molar-refractivity contribution in [1.29, 1.82) is 0 Å². The smallest absolute Gasteiger partial charge is 0.426 e. The lowest BCUT2D eigenvalue weighted by Crippen LogP contribution is -2.62. The molecule has 2 fully saturated rings. The maximum atomic E-state index is 12.6. The first kappa shape index (κ1) is 25.3. The molecule has 0 radical (unpaired) electrons. The maximum Gasteiger partial charge on any atom is 0.434 e. The molecule has 0 atom stereocenters. The van der Waals surface area contributed by atoms with E-state index >= 15 is 0 Å². The van der Waals surface area contributed by atoms with E-state index in [1.165, 1.54) is 11.1 Å². The van der Waals surface area contributed by atoms with E-state index in [1.807, 2.05) is 18.2 Å². The molecule has 2 heterocycles. The van der Waals surface area contributed by atoms with Gasteiger partial charge in [-0.2, -0.15) is 26.3 Å². The summed E-state index contributed by atoms with van der Waals surface area (Å²) in [6, 6.07) is 16.4. The van der Waals surface area contributed by atoms with Crippen LogP contribution in [0.3, 0.4) is 0 Å². The number of carbonyl (C=O) groups excluding carboxylic acids is 1. The van der Waals surface area contributed by atoms with Crippen molar-refractivity contribution in [1.82, 2.24) is 9.80 Å². The van der Waals surface area contributed by atoms with Gasteiger partial charge in [-0.05, 0) is 55.1 Å². The van der Waals surface area contributed by atoms with E-state index < -0.39 is 24.5 Å². The average Bonchev–Trinajstić information content (AvgIpc) is 2.77. The predicted octanol–water partition coefficient (Wildman–Crippen LogP) is 6.19. The van der Waals surface area contributed by atoms with Gasteiger partial charge in [0.1, 0.15) is 0 Å². The van der Waals surface area contributed by atoms with Crippen molar-refractivity contribution in [3.05, 3.63) is 59.7 Å². The highest BCUT2D eigenvalue weighted by atomic mass is 19.4. The summed E-state index contributed by atoms with van der Waals surface area (Å²) >= 11 is 0. The number of ether oxygens (including phenoxy) is 1. The van der Waals surface area contributed by atoms with Crippen LogP contribution in [0.1, 0.15) is 24.0 Å². The molecular formula is C25H26F6N2O2. The molecule has 2 aliphatic rings. The topological polar surface area (TPSA) is 32.8 Å². The third kappa shape index (κ3) is 5.74. The Morgan fingerprint density at radius 1 is 0.943 bits per heavy atom. The number of nitrogens with zero attached hydrogens (tertiary/aromatic N) is 2. The van der Waals surface area contributed by atoms with Crippen molar-refractivity contribution in [2.24, 2.45) is 5.41 Å². The second kappa shape index (κ2) is 9.37. The van der Waals surface area contributed by atoms with Gasteiger partial charge in [0, 0.05) is 25.0 Å². The summed E-state index contributed by atoms with van der Waals surface area (Å²) in [5, 5.41) is 0. The van der Waals surface area contributed by atoms with Crippen LogP contribution in [0.4, 0.5) is 31.1 Å². The fourth-order valence-electron chi connectivity index (χ4n) is 4.81. The van der Waals surface area contributed by atoms with Crippen molar-refractivity contribution >= 4 is 6.09 Å². The molecule has 1 amide bonds. The van der Waals surface area contributed by atoms with Crippen molar-refractivity contribution in [2.45, 2.75) is 44.8 Å². The van der Waals surface area contributed by atoms with Crippen molar-refractivity contribution in [3.8, 4) is 11.1 Å². The SMILES string of the molecule is Cc1cc(-c2ccccc2)ccc1CN1CCC2(CC1)CN(C(=O)OC(C(F)(F)F)C(F)(F)F)C2. The molecule has 2 aromatic rings. The molecule has 0 aliphatic carbocycles. The first-order valence-corrected chi connectivity index (χ1v) is 11.3. The number of benzene rings is 2. The van der Waals surface area contributed by atoms with Crippen molar-refractivity contribution in [2.75, 3.05) is 26.2 Å². The van der Waals surface area contributed by atoms with Crippen LogP contribution in [-0.2, 0) is 11.3 Å². The van der Waals surface area contributed by atoms with Gasteiger partial charge in [-0.25, -0.2) is 4.79 Å². The van der Waals surface area contributed by atoms with Gasteiger partial charge in [0.25, 0.3) is 6.10 Å². The van der Waals surface area contributed by atoms with Crippen LogP contribution in [0.5, 0.6) is 0 Å². The Labute approximate surface area is 199 Å². The second-order valence-electron chi connectivity index (χ2n) is 9.49. The van der Waals surface area contributed by atoms with Gasteiger partial charge in [0.05, 0.1) is 0 Å². The monoisotopic (exact) mass is 500 g/mol. The molecule has 2 aromatic carbocycles. The zero-order valence-electron chi connectivity index (χ0n) is 19.1. The van der Waals surface area contributed by atoms with E-state index in [1.54, 1.807) is 0 Å². The van der Waals surface area contributed by atoms with Gasteiger partial charge in [0.15, 0.2) is 0 Å². The Morgan fingerprint density at radius 3 is 2.09 bits per heavy atom. The van der Waals surface area contributed by atoms with Crippen LogP contribution < -0.4 is 0 Å². The quantitative estimate of drug-likeness (QED) is 0.470. The Hall–Kier alpha value is -2.75. The minimum atomic E-state index is -5.71. The number of amides is 1. The standard InChI is InChI=1S/C25H26F6N2O2/c1-17-13-19(18-5-3-2-4-6-18)7-8-20(17)14-32-11-9-23(10-12-32)15-33(16-23)22(34)35-21(24(26,27)28)25(29,30)31/h2-8,13,21H,9-12,14-16H2,1H3. The largest absolute Gasteiger partial charge is 0.434 e. The fraction of sp³-hybridized carbons (Fsp3) is 0.480. The maximum absolute atomic E-state index is 12.6. The number of aryl methyl sites for hydroxylation is 1. The van der Waals surface area contributed by atoms with E-state index in [0.29, 0.717) is 12.8 Å². The minimum Gasteiger partial charge on any atom is -0.426 e. The zero-order chi connectivity index (χ0) is 25.4. The number of rotatable bonds is 4. The summed E-state index contributed by atoms with van der Waals surface area (Å²) in [7, 11) is 0. The van der Waals surface area contributed by atoms with Gasteiger partial charge in [0.2, 0.25) is 0 Å². The molecule has 2 saturated heterocycles. The molecule has 10 heteroatoms. The van der Waals surface area contributed by atoms with E-state index in [0.717, 1.165) is 35.7 Å². The van der Waals surface area contributed by atoms with E-state index in [9.17, 15) is 31.1 Å². The highest BCUT2D eigenvalue weighted by Gasteiger charge is 2.61. The van der Waals surface area contributed by atoms with E-state index in [-0.39, 0.29) is 18.5 Å². The molecule has 2 aliphatic heterocycles. The summed E-state index contributed by atoms with van der Waals surface area (Å²) in [6.45, 7) is 4.49. The third-order valence-corrected chi connectivity index (χ3v) is 6.88.